The third-order valence-electron chi connectivity index (χ3n) is 3.00. The van der Waals surface area contributed by atoms with E-state index in [2.05, 4.69) is 57.1 Å². The van der Waals surface area contributed by atoms with Gasteiger partial charge < -0.3 is 10.1 Å². The summed E-state index contributed by atoms with van der Waals surface area (Å²) in [4.78, 5) is 0. The second kappa shape index (κ2) is 8.18. The van der Waals surface area contributed by atoms with Crippen LogP contribution in [0.4, 0.5) is 0 Å². The van der Waals surface area contributed by atoms with Crippen LogP contribution in [-0.4, -0.2) is 13.2 Å². The van der Waals surface area contributed by atoms with E-state index in [-0.39, 0.29) is 0 Å². The predicted molar refractivity (Wildman–Crippen MR) is 84.2 cm³/mol. The lowest BCUT2D eigenvalue weighted by Crippen LogP contribution is -2.27. The fourth-order valence-electron chi connectivity index (χ4n) is 2.03. The van der Waals surface area contributed by atoms with Gasteiger partial charge >= 0.3 is 0 Å². The Bertz CT molecular complexity index is 382. The highest BCUT2D eigenvalue weighted by atomic mass is 79.9. The van der Waals surface area contributed by atoms with Crippen LogP contribution < -0.4 is 10.1 Å². The van der Waals surface area contributed by atoms with Crippen molar-refractivity contribution in [3.05, 3.63) is 26.6 Å². The van der Waals surface area contributed by atoms with Gasteiger partial charge in [0, 0.05) is 22.6 Å². The van der Waals surface area contributed by atoms with Crippen LogP contribution in [0.5, 0.6) is 5.75 Å². The van der Waals surface area contributed by atoms with Gasteiger partial charge in [0.1, 0.15) is 5.75 Å². The molecule has 0 bridgehead atoms. The van der Waals surface area contributed by atoms with Crippen LogP contribution in [0.2, 0.25) is 0 Å². The van der Waals surface area contributed by atoms with Crippen molar-refractivity contribution in [3.8, 4) is 5.75 Å². The zero-order chi connectivity index (χ0) is 13.5. The standard InChI is InChI=1S/C14H21Br2NO/c1-4-6-12(5-2)17-9-10-7-11(15)8-13(16)14(10)18-3/h7-8,12,17H,4-6,9H2,1-3H3. The molecule has 1 aromatic rings. The number of hydrogen-bond acceptors (Lipinski definition) is 2. The molecule has 0 radical (unpaired) electrons. The Morgan fingerprint density at radius 3 is 2.56 bits per heavy atom. The van der Waals surface area contributed by atoms with Crippen molar-refractivity contribution in [1.82, 2.24) is 5.32 Å². The fraction of sp³-hybridized carbons (Fsp3) is 0.571. The number of nitrogens with one attached hydrogen (secondary N) is 1. The van der Waals surface area contributed by atoms with E-state index in [1.165, 1.54) is 18.4 Å². The molecule has 1 atom stereocenters. The molecule has 0 aliphatic heterocycles. The Hall–Kier alpha value is -0.0600. The molecule has 2 nitrogen and oxygen atoms in total. The van der Waals surface area contributed by atoms with E-state index in [0.717, 1.165) is 27.7 Å². The third-order valence-corrected chi connectivity index (χ3v) is 4.05. The Labute approximate surface area is 127 Å². The number of benzene rings is 1. The van der Waals surface area contributed by atoms with Crippen molar-refractivity contribution in [1.29, 1.82) is 0 Å². The minimum Gasteiger partial charge on any atom is -0.495 e. The molecule has 0 saturated carbocycles. The van der Waals surface area contributed by atoms with E-state index in [0.29, 0.717) is 6.04 Å². The van der Waals surface area contributed by atoms with E-state index in [1.807, 2.05) is 6.07 Å². The molecule has 18 heavy (non-hydrogen) atoms. The first-order valence-electron chi connectivity index (χ1n) is 6.37. The lowest BCUT2D eigenvalue weighted by atomic mass is 10.1. The van der Waals surface area contributed by atoms with E-state index in [1.54, 1.807) is 7.11 Å². The van der Waals surface area contributed by atoms with Crippen molar-refractivity contribution in [3.63, 3.8) is 0 Å². The summed E-state index contributed by atoms with van der Waals surface area (Å²) in [5.41, 5.74) is 1.17. The first-order chi connectivity index (χ1) is 8.62. The SMILES string of the molecule is CCCC(CC)NCc1cc(Br)cc(Br)c1OC. The summed E-state index contributed by atoms with van der Waals surface area (Å²) in [5, 5.41) is 3.59. The van der Waals surface area contributed by atoms with Gasteiger partial charge in [0.2, 0.25) is 0 Å². The minimum absolute atomic E-state index is 0.581. The van der Waals surface area contributed by atoms with Crippen LogP contribution in [-0.2, 0) is 6.54 Å². The molecular formula is C14H21Br2NO. The molecule has 0 spiro atoms. The maximum atomic E-state index is 5.45. The summed E-state index contributed by atoms with van der Waals surface area (Å²) >= 11 is 7.05. The van der Waals surface area contributed by atoms with Gasteiger partial charge in [-0.2, -0.15) is 0 Å². The van der Waals surface area contributed by atoms with Gasteiger partial charge in [-0.15, -0.1) is 0 Å². The van der Waals surface area contributed by atoms with Crippen LogP contribution in [0, 0.1) is 0 Å². The molecule has 0 heterocycles. The van der Waals surface area contributed by atoms with Gasteiger partial charge in [-0.05, 0) is 40.9 Å². The average molecular weight is 379 g/mol. The van der Waals surface area contributed by atoms with Crippen molar-refractivity contribution in [2.45, 2.75) is 45.7 Å². The first kappa shape index (κ1) is 16.0. The number of hydrogen-bond donors (Lipinski definition) is 1. The number of methoxy groups -OCH3 is 1. The first-order valence-corrected chi connectivity index (χ1v) is 7.96. The van der Waals surface area contributed by atoms with E-state index in [9.17, 15) is 0 Å². The van der Waals surface area contributed by atoms with E-state index in [4.69, 9.17) is 4.74 Å². The number of ether oxygens (including phenoxy) is 1. The van der Waals surface area contributed by atoms with Crippen LogP contribution >= 0.6 is 31.9 Å². The van der Waals surface area contributed by atoms with Gasteiger partial charge in [-0.3, -0.25) is 0 Å². The molecule has 0 aliphatic carbocycles. The molecule has 4 heteroatoms. The summed E-state index contributed by atoms with van der Waals surface area (Å²) in [6.07, 6.45) is 3.59. The van der Waals surface area contributed by atoms with Crippen molar-refractivity contribution >= 4 is 31.9 Å². The van der Waals surface area contributed by atoms with Crippen LogP contribution in [0.15, 0.2) is 21.1 Å². The maximum absolute atomic E-state index is 5.45. The largest absolute Gasteiger partial charge is 0.495 e. The van der Waals surface area contributed by atoms with Gasteiger partial charge in [-0.25, -0.2) is 0 Å². The quantitative estimate of drug-likeness (QED) is 0.729. The molecule has 0 saturated heterocycles. The molecule has 1 aromatic carbocycles. The number of rotatable bonds is 7. The second-order valence-electron chi connectivity index (χ2n) is 4.35. The zero-order valence-corrected chi connectivity index (χ0v) is 14.4. The highest BCUT2D eigenvalue weighted by Crippen LogP contribution is 2.32. The Morgan fingerprint density at radius 2 is 2.00 bits per heavy atom. The molecular weight excluding hydrogens is 358 g/mol. The fourth-order valence-corrected chi connectivity index (χ4v) is 3.50. The molecule has 0 aromatic heterocycles. The zero-order valence-electron chi connectivity index (χ0n) is 11.2. The summed E-state index contributed by atoms with van der Waals surface area (Å²) < 4.78 is 7.50. The number of halogens is 2. The van der Waals surface area contributed by atoms with Gasteiger partial charge in [0.15, 0.2) is 0 Å². The summed E-state index contributed by atoms with van der Waals surface area (Å²) in [5.74, 6) is 0.914. The Kier molecular flexibility index (Phi) is 7.27. The Balaban J connectivity index is 2.77. The lowest BCUT2D eigenvalue weighted by Gasteiger charge is -2.18. The summed E-state index contributed by atoms with van der Waals surface area (Å²) in [6, 6.07) is 4.69. The average Bonchev–Trinajstić information content (AvgIpc) is 2.33. The summed E-state index contributed by atoms with van der Waals surface area (Å²) in [6.45, 7) is 5.28. The normalized spacial score (nSPS) is 12.5. The highest BCUT2D eigenvalue weighted by Gasteiger charge is 2.11. The van der Waals surface area contributed by atoms with Crippen molar-refractivity contribution in [2.75, 3.05) is 7.11 Å². The molecule has 0 amide bonds. The molecule has 102 valence electrons. The van der Waals surface area contributed by atoms with Crippen molar-refractivity contribution < 1.29 is 4.74 Å². The minimum atomic E-state index is 0.581. The van der Waals surface area contributed by atoms with Crippen LogP contribution in [0.3, 0.4) is 0 Å². The lowest BCUT2D eigenvalue weighted by molar-refractivity contribution is 0.399. The smallest absolute Gasteiger partial charge is 0.137 e. The second-order valence-corrected chi connectivity index (χ2v) is 6.12. The van der Waals surface area contributed by atoms with Crippen molar-refractivity contribution in [2.24, 2.45) is 0 Å². The molecule has 1 N–H and O–H groups in total. The molecule has 1 unspecified atom stereocenters. The van der Waals surface area contributed by atoms with Crippen LogP contribution in [0.1, 0.15) is 38.7 Å². The highest BCUT2D eigenvalue weighted by molar-refractivity contribution is 9.11. The monoisotopic (exact) mass is 377 g/mol. The topological polar surface area (TPSA) is 21.3 Å². The Morgan fingerprint density at radius 1 is 1.28 bits per heavy atom. The van der Waals surface area contributed by atoms with E-state index < -0.39 is 0 Å². The third kappa shape index (κ3) is 4.56. The maximum Gasteiger partial charge on any atom is 0.137 e. The van der Waals surface area contributed by atoms with Gasteiger partial charge in [0.05, 0.1) is 11.6 Å². The molecule has 1 rings (SSSR count). The summed E-state index contributed by atoms with van der Waals surface area (Å²) in [7, 11) is 1.71. The predicted octanol–water partition coefficient (Wildman–Crippen LogP) is 4.89. The molecule has 0 aliphatic rings. The van der Waals surface area contributed by atoms with Crippen LogP contribution in [0.25, 0.3) is 0 Å². The molecule has 0 fully saturated rings. The van der Waals surface area contributed by atoms with E-state index >= 15 is 0 Å². The van der Waals surface area contributed by atoms with Gasteiger partial charge in [-0.1, -0.05) is 36.2 Å². The van der Waals surface area contributed by atoms with Gasteiger partial charge in [0.25, 0.3) is 0 Å².